The highest BCUT2D eigenvalue weighted by Gasteiger charge is 2.31. The van der Waals surface area contributed by atoms with E-state index in [9.17, 15) is 0 Å². The van der Waals surface area contributed by atoms with Crippen molar-refractivity contribution in [3.63, 3.8) is 0 Å². The van der Waals surface area contributed by atoms with E-state index in [4.69, 9.17) is 5.73 Å². The fourth-order valence-corrected chi connectivity index (χ4v) is 2.95. The Labute approximate surface area is 87.2 Å². The highest BCUT2D eigenvalue weighted by Crippen LogP contribution is 2.26. The van der Waals surface area contributed by atoms with Crippen LogP contribution in [0.4, 0.5) is 0 Å². The van der Waals surface area contributed by atoms with Crippen LogP contribution in [0.3, 0.4) is 0 Å². The van der Waals surface area contributed by atoms with E-state index in [0.717, 1.165) is 19.1 Å². The summed E-state index contributed by atoms with van der Waals surface area (Å²) in [7, 11) is 2.20. The van der Waals surface area contributed by atoms with Crippen LogP contribution in [0.15, 0.2) is 0 Å². The van der Waals surface area contributed by atoms with Crippen LogP contribution in [0.5, 0.6) is 0 Å². The lowest BCUT2D eigenvalue weighted by Crippen LogP contribution is -2.57. The zero-order valence-corrected chi connectivity index (χ0v) is 9.28. The first kappa shape index (κ1) is 10.4. The Morgan fingerprint density at radius 2 is 1.93 bits per heavy atom. The maximum atomic E-state index is 5.86. The molecule has 1 aliphatic heterocycles. The summed E-state index contributed by atoms with van der Waals surface area (Å²) in [6.07, 6.45) is 5.66. The van der Waals surface area contributed by atoms with E-state index < -0.39 is 0 Å². The minimum absolute atomic E-state index is 0.608. The average Bonchev–Trinajstić information content (AvgIpc) is 2.70. The molecule has 1 saturated heterocycles. The van der Waals surface area contributed by atoms with Gasteiger partial charge in [0, 0.05) is 38.3 Å². The van der Waals surface area contributed by atoms with Crippen LogP contribution in [-0.2, 0) is 0 Å². The van der Waals surface area contributed by atoms with E-state index in [0.29, 0.717) is 6.04 Å². The molecule has 1 atom stereocenters. The second kappa shape index (κ2) is 4.60. The van der Waals surface area contributed by atoms with Crippen molar-refractivity contribution in [2.24, 2.45) is 5.73 Å². The minimum atomic E-state index is 0.608. The van der Waals surface area contributed by atoms with Crippen molar-refractivity contribution in [2.45, 2.75) is 37.8 Å². The van der Waals surface area contributed by atoms with Crippen LogP contribution in [0.1, 0.15) is 25.7 Å². The van der Waals surface area contributed by atoms with Gasteiger partial charge in [-0.1, -0.05) is 12.8 Å². The molecule has 2 N–H and O–H groups in total. The van der Waals surface area contributed by atoms with Gasteiger partial charge in [-0.25, -0.2) is 0 Å². The highest BCUT2D eigenvalue weighted by atomic mass is 15.3. The van der Waals surface area contributed by atoms with Gasteiger partial charge < -0.3 is 10.6 Å². The third-order valence-electron chi connectivity index (χ3n) is 3.80. The van der Waals surface area contributed by atoms with Crippen LogP contribution >= 0.6 is 0 Å². The lowest BCUT2D eigenvalue weighted by atomic mass is 10.1. The molecule has 0 bridgehead atoms. The number of hydrogen-bond donors (Lipinski definition) is 1. The molecule has 14 heavy (non-hydrogen) atoms. The third-order valence-corrected chi connectivity index (χ3v) is 3.80. The molecule has 0 aromatic heterocycles. The van der Waals surface area contributed by atoms with E-state index in [1.807, 2.05) is 0 Å². The molecule has 0 aromatic rings. The second-order valence-corrected chi connectivity index (χ2v) is 4.83. The Morgan fingerprint density at radius 1 is 1.21 bits per heavy atom. The van der Waals surface area contributed by atoms with Gasteiger partial charge in [0.2, 0.25) is 0 Å². The van der Waals surface area contributed by atoms with Gasteiger partial charge in [0.1, 0.15) is 0 Å². The Bertz CT molecular complexity index is 177. The van der Waals surface area contributed by atoms with Crippen LogP contribution in [-0.4, -0.2) is 55.1 Å². The summed E-state index contributed by atoms with van der Waals surface area (Å²) in [6, 6.07) is 1.45. The molecule has 3 nitrogen and oxygen atoms in total. The summed E-state index contributed by atoms with van der Waals surface area (Å²) in [5.74, 6) is 0. The maximum absolute atomic E-state index is 5.86. The Hall–Kier alpha value is -0.120. The van der Waals surface area contributed by atoms with E-state index in [1.54, 1.807) is 0 Å². The standard InChI is InChI=1S/C11H23N3/c1-13-6-7-14(11(8-12)9-13)10-4-2-3-5-10/h10-11H,2-9,12H2,1H3. The number of piperazine rings is 1. The smallest absolute Gasteiger partial charge is 0.0349 e. The predicted molar refractivity (Wildman–Crippen MR) is 59.3 cm³/mol. The monoisotopic (exact) mass is 197 g/mol. The fourth-order valence-electron chi connectivity index (χ4n) is 2.95. The molecular formula is C11H23N3. The minimum Gasteiger partial charge on any atom is -0.329 e. The highest BCUT2D eigenvalue weighted by molar-refractivity contribution is 4.88. The topological polar surface area (TPSA) is 32.5 Å². The fraction of sp³-hybridized carbons (Fsp3) is 1.00. The second-order valence-electron chi connectivity index (χ2n) is 4.83. The number of nitrogens with zero attached hydrogens (tertiary/aromatic N) is 2. The van der Waals surface area contributed by atoms with Gasteiger partial charge in [0.25, 0.3) is 0 Å². The summed E-state index contributed by atoms with van der Waals surface area (Å²) in [4.78, 5) is 5.08. The van der Waals surface area contributed by atoms with E-state index >= 15 is 0 Å². The van der Waals surface area contributed by atoms with Gasteiger partial charge in [-0.3, -0.25) is 4.90 Å². The number of rotatable bonds is 2. The van der Waals surface area contributed by atoms with Gasteiger partial charge in [0.05, 0.1) is 0 Å². The predicted octanol–water partition coefficient (Wildman–Crippen LogP) is 0.504. The van der Waals surface area contributed by atoms with Crippen molar-refractivity contribution in [3.05, 3.63) is 0 Å². The average molecular weight is 197 g/mol. The molecule has 2 fully saturated rings. The molecule has 2 rings (SSSR count). The maximum Gasteiger partial charge on any atom is 0.0349 e. The lowest BCUT2D eigenvalue weighted by molar-refractivity contribution is 0.0583. The number of hydrogen-bond acceptors (Lipinski definition) is 3. The van der Waals surface area contributed by atoms with Gasteiger partial charge >= 0.3 is 0 Å². The molecule has 1 unspecified atom stereocenters. The van der Waals surface area contributed by atoms with Crippen molar-refractivity contribution in [1.82, 2.24) is 9.80 Å². The third kappa shape index (κ3) is 2.10. The van der Waals surface area contributed by atoms with Crippen molar-refractivity contribution < 1.29 is 0 Å². The van der Waals surface area contributed by atoms with Gasteiger partial charge in [-0.15, -0.1) is 0 Å². The SMILES string of the molecule is CN1CCN(C2CCCC2)C(CN)C1. The largest absolute Gasteiger partial charge is 0.329 e. The van der Waals surface area contributed by atoms with Crippen LogP contribution in [0.25, 0.3) is 0 Å². The molecule has 0 spiro atoms. The van der Waals surface area contributed by atoms with Crippen molar-refractivity contribution in [3.8, 4) is 0 Å². The molecule has 2 aliphatic rings. The molecule has 3 heteroatoms. The van der Waals surface area contributed by atoms with Crippen LogP contribution in [0.2, 0.25) is 0 Å². The first-order valence-corrected chi connectivity index (χ1v) is 5.95. The molecule has 1 saturated carbocycles. The summed E-state index contributed by atoms with van der Waals surface area (Å²) in [5.41, 5.74) is 5.86. The Morgan fingerprint density at radius 3 is 2.57 bits per heavy atom. The Kier molecular flexibility index (Phi) is 3.42. The quantitative estimate of drug-likeness (QED) is 0.700. The molecule has 1 aliphatic carbocycles. The molecule has 0 radical (unpaired) electrons. The normalized spacial score (nSPS) is 32.6. The van der Waals surface area contributed by atoms with Gasteiger partial charge in [-0.05, 0) is 19.9 Å². The zero-order chi connectivity index (χ0) is 9.97. The van der Waals surface area contributed by atoms with Gasteiger partial charge in [-0.2, -0.15) is 0 Å². The summed E-state index contributed by atoms with van der Waals surface area (Å²) >= 11 is 0. The number of nitrogens with two attached hydrogens (primary N) is 1. The van der Waals surface area contributed by atoms with E-state index in [1.165, 1.54) is 38.8 Å². The van der Waals surface area contributed by atoms with Gasteiger partial charge in [0.15, 0.2) is 0 Å². The molecule has 82 valence electrons. The lowest BCUT2D eigenvalue weighted by Gasteiger charge is -2.42. The van der Waals surface area contributed by atoms with Crippen LogP contribution < -0.4 is 5.73 Å². The van der Waals surface area contributed by atoms with Crippen molar-refractivity contribution >= 4 is 0 Å². The van der Waals surface area contributed by atoms with E-state index in [-0.39, 0.29) is 0 Å². The molecular weight excluding hydrogens is 174 g/mol. The van der Waals surface area contributed by atoms with Crippen LogP contribution in [0, 0.1) is 0 Å². The summed E-state index contributed by atoms with van der Waals surface area (Å²) < 4.78 is 0. The Balaban J connectivity index is 1.94. The summed E-state index contributed by atoms with van der Waals surface area (Å²) in [5, 5.41) is 0. The molecule has 0 amide bonds. The zero-order valence-electron chi connectivity index (χ0n) is 9.28. The van der Waals surface area contributed by atoms with Crippen molar-refractivity contribution in [2.75, 3.05) is 33.2 Å². The number of likely N-dealkylation sites (N-methyl/N-ethyl adjacent to an activating group) is 1. The first-order chi connectivity index (χ1) is 6.81. The molecule has 0 aromatic carbocycles. The molecule has 1 heterocycles. The summed E-state index contributed by atoms with van der Waals surface area (Å²) in [6.45, 7) is 4.42. The first-order valence-electron chi connectivity index (χ1n) is 5.95. The van der Waals surface area contributed by atoms with Crippen molar-refractivity contribution in [1.29, 1.82) is 0 Å². The van der Waals surface area contributed by atoms with E-state index in [2.05, 4.69) is 16.8 Å².